The molecule has 6 heteroatoms. The smallest absolute Gasteiger partial charge is 0.191 e. The van der Waals surface area contributed by atoms with E-state index in [2.05, 4.69) is 16.0 Å². The minimum Gasteiger partial charge on any atom is -0.383 e. The van der Waals surface area contributed by atoms with Gasteiger partial charge >= 0.3 is 0 Å². The van der Waals surface area contributed by atoms with Crippen molar-refractivity contribution < 1.29 is 0 Å². The van der Waals surface area contributed by atoms with Gasteiger partial charge in [0.15, 0.2) is 5.16 Å². The molecule has 0 aliphatic carbocycles. The summed E-state index contributed by atoms with van der Waals surface area (Å²) in [6, 6.07) is 8.01. The molecule has 102 valence electrons. The van der Waals surface area contributed by atoms with E-state index in [1.165, 1.54) is 0 Å². The third-order valence-corrected chi connectivity index (χ3v) is 4.95. The first-order valence-corrected chi connectivity index (χ1v) is 8.26. The molecule has 3 nitrogen and oxygen atoms in total. The van der Waals surface area contributed by atoms with E-state index < -0.39 is 0 Å². The SMILES string of the molecule is Cc1ccc(CSc2nc(N)c3ccsc3n2)c(Cl)c1. The molecule has 0 atom stereocenters. The molecule has 2 heterocycles. The number of thioether (sulfide) groups is 1. The zero-order chi connectivity index (χ0) is 14.1. The first kappa shape index (κ1) is 13.7. The first-order valence-electron chi connectivity index (χ1n) is 6.02. The van der Waals surface area contributed by atoms with Gasteiger partial charge in [0.05, 0.1) is 5.39 Å². The van der Waals surface area contributed by atoms with E-state index in [0.29, 0.717) is 11.0 Å². The normalized spacial score (nSPS) is 11.1. The molecule has 0 bridgehead atoms. The van der Waals surface area contributed by atoms with E-state index in [1.54, 1.807) is 23.1 Å². The third-order valence-electron chi connectivity index (χ3n) is 2.90. The molecule has 2 aromatic heterocycles. The van der Waals surface area contributed by atoms with E-state index in [4.69, 9.17) is 17.3 Å². The summed E-state index contributed by atoms with van der Waals surface area (Å²) < 4.78 is 0. The Bertz CT molecular complexity index is 770. The fourth-order valence-electron chi connectivity index (χ4n) is 1.83. The summed E-state index contributed by atoms with van der Waals surface area (Å²) in [4.78, 5) is 9.76. The van der Waals surface area contributed by atoms with Crippen LogP contribution in [0.2, 0.25) is 5.02 Å². The van der Waals surface area contributed by atoms with Gasteiger partial charge in [-0.15, -0.1) is 11.3 Å². The van der Waals surface area contributed by atoms with Crippen LogP contribution in [0.3, 0.4) is 0 Å². The molecule has 3 rings (SSSR count). The predicted molar refractivity (Wildman–Crippen MR) is 87.6 cm³/mol. The van der Waals surface area contributed by atoms with Crippen molar-refractivity contribution in [3.63, 3.8) is 0 Å². The summed E-state index contributed by atoms with van der Waals surface area (Å²) in [5.74, 6) is 1.27. The van der Waals surface area contributed by atoms with Crippen LogP contribution < -0.4 is 5.73 Å². The van der Waals surface area contributed by atoms with E-state index >= 15 is 0 Å². The molecule has 0 aliphatic heterocycles. The Morgan fingerprint density at radius 1 is 1.30 bits per heavy atom. The molecule has 1 aromatic carbocycles. The molecular formula is C14H12ClN3S2. The topological polar surface area (TPSA) is 51.8 Å². The summed E-state index contributed by atoms with van der Waals surface area (Å²) in [6.07, 6.45) is 0. The predicted octanol–water partition coefficient (Wildman–Crippen LogP) is 4.53. The Morgan fingerprint density at radius 2 is 2.15 bits per heavy atom. The van der Waals surface area contributed by atoms with Crippen LogP contribution in [-0.4, -0.2) is 9.97 Å². The van der Waals surface area contributed by atoms with Gasteiger partial charge in [-0.2, -0.15) is 0 Å². The second kappa shape index (κ2) is 5.60. The van der Waals surface area contributed by atoms with Gasteiger partial charge in [-0.3, -0.25) is 0 Å². The van der Waals surface area contributed by atoms with Crippen LogP contribution in [0, 0.1) is 6.92 Å². The Morgan fingerprint density at radius 3 is 2.95 bits per heavy atom. The van der Waals surface area contributed by atoms with Crippen molar-refractivity contribution in [1.82, 2.24) is 9.97 Å². The van der Waals surface area contributed by atoms with Crippen LogP contribution in [0.5, 0.6) is 0 Å². The Kier molecular flexibility index (Phi) is 3.83. The second-order valence-corrected chi connectivity index (χ2v) is 6.66. The zero-order valence-electron chi connectivity index (χ0n) is 10.8. The van der Waals surface area contributed by atoms with E-state index in [-0.39, 0.29) is 0 Å². The molecule has 20 heavy (non-hydrogen) atoms. The maximum Gasteiger partial charge on any atom is 0.191 e. The van der Waals surface area contributed by atoms with Gasteiger partial charge in [0, 0.05) is 10.8 Å². The van der Waals surface area contributed by atoms with E-state index in [9.17, 15) is 0 Å². The summed E-state index contributed by atoms with van der Waals surface area (Å²) in [7, 11) is 0. The highest BCUT2D eigenvalue weighted by molar-refractivity contribution is 7.98. The van der Waals surface area contributed by atoms with Crippen LogP contribution in [0.4, 0.5) is 5.82 Å². The number of nitrogens with two attached hydrogens (primary N) is 1. The Hall–Kier alpha value is -1.30. The minimum atomic E-state index is 0.536. The summed E-state index contributed by atoms with van der Waals surface area (Å²) >= 11 is 9.35. The van der Waals surface area contributed by atoms with Gasteiger partial charge in [-0.25, -0.2) is 9.97 Å². The van der Waals surface area contributed by atoms with Crippen molar-refractivity contribution in [2.24, 2.45) is 0 Å². The average Bonchev–Trinajstić information content (AvgIpc) is 2.86. The highest BCUT2D eigenvalue weighted by atomic mass is 35.5. The molecule has 2 N–H and O–H groups in total. The van der Waals surface area contributed by atoms with Crippen molar-refractivity contribution in [2.75, 3.05) is 5.73 Å². The summed E-state index contributed by atoms with van der Waals surface area (Å²) in [6.45, 7) is 2.03. The average molecular weight is 322 g/mol. The summed E-state index contributed by atoms with van der Waals surface area (Å²) in [5, 5.41) is 4.37. The molecule has 0 spiro atoms. The van der Waals surface area contributed by atoms with Gasteiger partial charge in [0.1, 0.15) is 10.6 Å². The van der Waals surface area contributed by atoms with Crippen LogP contribution >= 0.6 is 34.7 Å². The number of hydrogen-bond acceptors (Lipinski definition) is 5. The van der Waals surface area contributed by atoms with Gasteiger partial charge in [0.2, 0.25) is 0 Å². The van der Waals surface area contributed by atoms with Crippen molar-refractivity contribution in [3.05, 3.63) is 45.8 Å². The molecule has 0 unspecified atom stereocenters. The van der Waals surface area contributed by atoms with E-state index in [1.807, 2.05) is 30.5 Å². The largest absolute Gasteiger partial charge is 0.383 e. The number of nitrogens with zero attached hydrogens (tertiary/aromatic N) is 2. The van der Waals surface area contributed by atoms with Crippen LogP contribution in [0.15, 0.2) is 34.8 Å². The van der Waals surface area contributed by atoms with Gasteiger partial charge in [-0.05, 0) is 35.6 Å². The Labute approximate surface area is 130 Å². The molecule has 0 amide bonds. The highest BCUT2D eigenvalue weighted by Gasteiger charge is 2.08. The lowest BCUT2D eigenvalue weighted by Gasteiger charge is -2.05. The molecule has 3 aromatic rings. The molecule has 0 radical (unpaired) electrons. The monoisotopic (exact) mass is 321 g/mol. The summed E-state index contributed by atoms with van der Waals surface area (Å²) in [5.41, 5.74) is 8.17. The second-order valence-electron chi connectivity index (χ2n) is 4.41. The van der Waals surface area contributed by atoms with E-state index in [0.717, 1.165) is 32.1 Å². The van der Waals surface area contributed by atoms with Crippen molar-refractivity contribution in [1.29, 1.82) is 0 Å². The number of benzene rings is 1. The molecule has 0 fully saturated rings. The zero-order valence-corrected chi connectivity index (χ0v) is 13.1. The first-order chi connectivity index (χ1) is 9.63. The standard InChI is InChI=1S/C14H12ClN3S2/c1-8-2-3-9(11(15)6-8)7-20-14-17-12(16)10-4-5-19-13(10)18-14/h2-6H,7H2,1H3,(H2,16,17,18). The molecule has 0 aliphatic rings. The highest BCUT2D eigenvalue weighted by Crippen LogP contribution is 2.29. The lowest BCUT2D eigenvalue weighted by atomic mass is 10.2. The van der Waals surface area contributed by atoms with Crippen molar-refractivity contribution in [3.8, 4) is 0 Å². The van der Waals surface area contributed by atoms with Crippen LogP contribution in [-0.2, 0) is 5.75 Å². The quantitative estimate of drug-likeness (QED) is 0.569. The number of thiophene rings is 1. The maximum atomic E-state index is 6.23. The lowest BCUT2D eigenvalue weighted by Crippen LogP contribution is -1.95. The lowest BCUT2D eigenvalue weighted by molar-refractivity contribution is 1.02. The fraction of sp³-hybridized carbons (Fsp3) is 0.143. The minimum absolute atomic E-state index is 0.536. The third kappa shape index (κ3) is 2.75. The van der Waals surface area contributed by atoms with Crippen molar-refractivity contribution in [2.45, 2.75) is 17.8 Å². The molecular weight excluding hydrogens is 310 g/mol. The maximum absolute atomic E-state index is 6.23. The Balaban J connectivity index is 1.82. The number of anilines is 1. The van der Waals surface area contributed by atoms with Crippen molar-refractivity contribution >= 4 is 50.7 Å². The van der Waals surface area contributed by atoms with Crippen LogP contribution in [0.1, 0.15) is 11.1 Å². The van der Waals surface area contributed by atoms with Gasteiger partial charge in [-0.1, -0.05) is 35.5 Å². The number of rotatable bonds is 3. The number of aryl methyl sites for hydroxylation is 1. The number of aromatic nitrogens is 2. The number of nitrogen functional groups attached to an aromatic ring is 1. The number of hydrogen-bond donors (Lipinski definition) is 1. The van der Waals surface area contributed by atoms with Gasteiger partial charge in [0.25, 0.3) is 0 Å². The number of fused-ring (bicyclic) bond motifs is 1. The van der Waals surface area contributed by atoms with Gasteiger partial charge < -0.3 is 5.73 Å². The fourth-order valence-corrected chi connectivity index (χ4v) is 3.90. The number of halogens is 1. The van der Waals surface area contributed by atoms with Crippen LogP contribution in [0.25, 0.3) is 10.2 Å². The molecule has 0 saturated heterocycles. The molecule has 0 saturated carbocycles.